The molecule has 174 valence electrons. The molecule has 0 unspecified atom stereocenters. The topological polar surface area (TPSA) is 84.0 Å². The largest absolute Gasteiger partial charge is 0.488 e. The van der Waals surface area contributed by atoms with Crippen molar-refractivity contribution in [3.63, 3.8) is 0 Å². The lowest BCUT2D eigenvalue weighted by Gasteiger charge is -2.34. The Balaban J connectivity index is 1.52. The van der Waals surface area contributed by atoms with Crippen LogP contribution in [0, 0.1) is 11.6 Å². The minimum absolute atomic E-state index is 0.107. The van der Waals surface area contributed by atoms with Gasteiger partial charge in [0.2, 0.25) is 20.0 Å². The molecule has 0 atom stereocenters. The quantitative estimate of drug-likeness (QED) is 0.664. The standard InChI is InChI=1S/C21H24F2N2O5S2/c1-21(2)9-8-15-14-16(6-7-19(15)30-21)31(26,27)24-10-12-25(13-11-24)32(28,29)20-17(22)4-3-5-18(20)23/h3-7,14H,8-13H2,1-2H3. The molecule has 2 aromatic rings. The molecule has 0 saturated carbocycles. The van der Waals surface area contributed by atoms with Crippen molar-refractivity contribution < 1.29 is 30.4 Å². The molecule has 0 amide bonds. The summed E-state index contributed by atoms with van der Waals surface area (Å²) in [5.74, 6) is -1.71. The Labute approximate surface area is 186 Å². The van der Waals surface area contributed by atoms with E-state index < -0.39 is 36.6 Å². The monoisotopic (exact) mass is 486 g/mol. The van der Waals surface area contributed by atoms with Crippen molar-refractivity contribution >= 4 is 20.0 Å². The number of halogens is 2. The predicted molar refractivity (Wildman–Crippen MR) is 113 cm³/mol. The van der Waals surface area contributed by atoms with Gasteiger partial charge in [-0.15, -0.1) is 0 Å². The molecule has 0 radical (unpaired) electrons. The van der Waals surface area contributed by atoms with Gasteiger partial charge in [-0.3, -0.25) is 0 Å². The van der Waals surface area contributed by atoms with E-state index in [9.17, 15) is 25.6 Å². The van der Waals surface area contributed by atoms with Crippen molar-refractivity contribution in [3.8, 4) is 5.75 Å². The molecule has 7 nitrogen and oxygen atoms in total. The first kappa shape index (κ1) is 23.1. The van der Waals surface area contributed by atoms with Crippen LogP contribution in [0.25, 0.3) is 0 Å². The van der Waals surface area contributed by atoms with Crippen LogP contribution in [0.15, 0.2) is 46.2 Å². The van der Waals surface area contributed by atoms with Gasteiger partial charge in [0.25, 0.3) is 0 Å². The summed E-state index contributed by atoms with van der Waals surface area (Å²) in [5, 5.41) is 0. The SMILES string of the molecule is CC1(C)CCc2cc(S(=O)(=O)N3CCN(S(=O)(=O)c4c(F)cccc4F)CC3)ccc2O1. The van der Waals surface area contributed by atoms with Crippen molar-refractivity contribution in [2.75, 3.05) is 26.2 Å². The first-order valence-electron chi connectivity index (χ1n) is 10.2. The summed E-state index contributed by atoms with van der Waals surface area (Å²) in [6.07, 6.45) is 1.44. The molecule has 2 aromatic carbocycles. The van der Waals surface area contributed by atoms with Gasteiger partial charge in [-0.2, -0.15) is 8.61 Å². The van der Waals surface area contributed by atoms with Crippen LogP contribution in [0.4, 0.5) is 8.78 Å². The zero-order chi connectivity index (χ0) is 23.3. The van der Waals surface area contributed by atoms with Crippen LogP contribution in [-0.2, 0) is 26.5 Å². The van der Waals surface area contributed by atoms with Crippen molar-refractivity contribution in [2.45, 2.75) is 42.1 Å². The molecule has 11 heteroatoms. The third-order valence-corrected chi connectivity index (χ3v) is 9.61. The second kappa shape index (κ2) is 8.05. The van der Waals surface area contributed by atoms with Crippen LogP contribution in [-0.4, -0.2) is 57.2 Å². The van der Waals surface area contributed by atoms with Gasteiger partial charge < -0.3 is 4.74 Å². The number of hydrogen-bond acceptors (Lipinski definition) is 5. The molecular weight excluding hydrogens is 462 g/mol. The van der Waals surface area contributed by atoms with E-state index in [0.717, 1.165) is 34.5 Å². The van der Waals surface area contributed by atoms with Crippen LogP contribution >= 0.6 is 0 Å². The van der Waals surface area contributed by atoms with E-state index in [-0.39, 0.29) is 36.7 Å². The molecule has 2 heterocycles. The lowest BCUT2D eigenvalue weighted by molar-refractivity contribution is 0.0845. The lowest BCUT2D eigenvalue weighted by atomic mass is 9.94. The van der Waals surface area contributed by atoms with E-state index in [0.29, 0.717) is 12.2 Å². The summed E-state index contributed by atoms with van der Waals surface area (Å²) in [4.78, 5) is -0.912. The summed E-state index contributed by atoms with van der Waals surface area (Å²) < 4.78 is 87.7. The second-order valence-corrected chi connectivity index (χ2v) is 12.3. The summed E-state index contributed by atoms with van der Waals surface area (Å²) in [5.41, 5.74) is 0.494. The van der Waals surface area contributed by atoms with Gasteiger partial charge in [-0.25, -0.2) is 25.6 Å². The average molecular weight is 487 g/mol. The maximum Gasteiger partial charge on any atom is 0.249 e. The number of benzene rings is 2. The number of fused-ring (bicyclic) bond motifs is 1. The minimum Gasteiger partial charge on any atom is -0.488 e. The number of hydrogen-bond donors (Lipinski definition) is 0. The highest BCUT2D eigenvalue weighted by atomic mass is 32.2. The first-order chi connectivity index (χ1) is 14.9. The van der Waals surface area contributed by atoms with Gasteiger partial charge in [-0.1, -0.05) is 6.07 Å². The number of rotatable bonds is 4. The van der Waals surface area contributed by atoms with Crippen molar-refractivity contribution in [1.82, 2.24) is 8.61 Å². The third-order valence-electron chi connectivity index (χ3n) is 5.77. The number of nitrogens with zero attached hydrogens (tertiary/aromatic N) is 2. The molecular formula is C21H24F2N2O5S2. The summed E-state index contributed by atoms with van der Waals surface area (Å²) in [6.45, 7) is 3.27. The molecule has 2 aliphatic heterocycles. The van der Waals surface area contributed by atoms with E-state index >= 15 is 0 Å². The maximum atomic E-state index is 14.0. The highest BCUT2D eigenvalue weighted by Gasteiger charge is 2.37. The fourth-order valence-electron chi connectivity index (χ4n) is 3.95. The van der Waals surface area contributed by atoms with Crippen LogP contribution in [0.5, 0.6) is 5.75 Å². The van der Waals surface area contributed by atoms with Gasteiger partial charge in [0.15, 0.2) is 4.90 Å². The third kappa shape index (κ3) is 4.14. The van der Waals surface area contributed by atoms with Crippen LogP contribution < -0.4 is 4.74 Å². The Morgan fingerprint density at radius 3 is 2.03 bits per heavy atom. The average Bonchev–Trinajstić information content (AvgIpc) is 2.72. The van der Waals surface area contributed by atoms with Crippen molar-refractivity contribution in [2.24, 2.45) is 0 Å². The smallest absolute Gasteiger partial charge is 0.249 e. The fourth-order valence-corrected chi connectivity index (χ4v) is 6.96. The normalized spacial score (nSPS) is 19.9. The van der Waals surface area contributed by atoms with Crippen LogP contribution in [0.1, 0.15) is 25.8 Å². The summed E-state index contributed by atoms with van der Waals surface area (Å²) in [6, 6.07) is 7.55. The predicted octanol–water partition coefficient (Wildman–Crippen LogP) is 2.76. The number of aryl methyl sites for hydroxylation is 1. The highest BCUT2D eigenvalue weighted by Crippen LogP contribution is 2.35. The van der Waals surface area contributed by atoms with Gasteiger partial charge in [0.05, 0.1) is 4.90 Å². The Bertz CT molecular complexity index is 1230. The van der Waals surface area contributed by atoms with Gasteiger partial charge in [0.1, 0.15) is 23.0 Å². The molecule has 32 heavy (non-hydrogen) atoms. The van der Waals surface area contributed by atoms with Crippen LogP contribution in [0.3, 0.4) is 0 Å². The van der Waals surface area contributed by atoms with Crippen LogP contribution in [0.2, 0.25) is 0 Å². The highest BCUT2D eigenvalue weighted by molar-refractivity contribution is 7.89. The summed E-state index contributed by atoms with van der Waals surface area (Å²) in [7, 11) is -8.30. The van der Waals surface area contributed by atoms with E-state index in [2.05, 4.69) is 0 Å². The lowest BCUT2D eigenvalue weighted by Crippen LogP contribution is -2.50. The molecule has 0 aliphatic carbocycles. The first-order valence-corrected chi connectivity index (χ1v) is 13.1. The Kier molecular flexibility index (Phi) is 5.81. The molecule has 0 N–H and O–H groups in total. The number of piperazine rings is 1. The molecule has 2 aliphatic rings. The molecule has 0 spiro atoms. The van der Waals surface area contributed by atoms with Gasteiger partial charge in [0, 0.05) is 26.2 Å². The summed E-state index contributed by atoms with van der Waals surface area (Å²) >= 11 is 0. The van der Waals surface area contributed by atoms with Crippen molar-refractivity contribution in [1.29, 1.82) is 0 Å². The number of sulfonamides is 2. The Hall–Kier alpha value is -2.08. The number of ether oxygens (including phenoxy) is 1. The molecule has 1 saturated heterocycles. The van der Waals surface area contributed by atoms with E-state index in [1.165, 1.54) is 10.4 Å². The minimum atomic E-state index is -4.43. The Morgan fingerprint density at radius 2 is 1.44 bits per heavy atom. The van der Waals surface area contributed by atoms with Gasteiger partial charge >= 0.3 is 0 Å². The zero-order valence-electron chi connectivity index (χ0n) is 17.7. The zero-order valence-corrected chi connectivity index (χ0v) is 19.3. The molecule has 1 fully saturated rings. The van der Waals surface area contributed by atoms with E-state index in [4.69, 9.17) is 4.74 Å². The molecule has 4 rings (SSSR count). The maximum absolute atomic E-state index is 14.0. The van der Waals surface area contributed by atoms with Crippen molar-refractivity contribution in [3.05, 3.63) is 53.6 Å². The molecule has 0 bridgehead atoms. The van der Waals surface area contributed by atoms with E-state index in [1.54, 1.807) is 12.1 Å². The van der Waals surface area contributed by atoms with Gasteiger partial charge in [-0.05, 0) is 62.6 Å². The fraction of sp³-hybridized carbons (Fsp3) is 0.429. The molecule has 0 aromatic heterocycles. The van der Waals surface area contributed by atoms with E-state index in [1.807, 2.05) is 13.8 Å². The second-order valence-electron chi connectivity index (χ2n) is 8.49. The Morgan fingerprint density at radius 1 is 0.875 bits per heavy atom.